The van der Waals surface area contributed by atoms with E-state index in [2.05, 4.69) is 10.0 Å². The summed E-state index contributed by atoms with van der Waals surface area (Å²) in [6.07, 6.45) is -1.92. The predicted octanol–water partition coefficient (Wildman–Crippen LogP) is 5.80. The maximum atomic E-state index is 13.5. The molecule has 236 valence electrons. The smallest absolute Gasteiger partial charge is 0.456 e. The summed E-state index contributed by atoms with van der Waals surface area (Å²) in [5.74, 6) is -2.23. The normalized spacial score (nSPS) is 17.3. The van der Waals surface area contributed by atoms with Crippen molar-refractivity contribution in [1.29, 1.82) is 0 Å². The number of carbonyl (C=O) groups excluding carboxylic acids is 3. The maximum absolute atomic E-state index is 13.5. The van der Waals surface area contributed by atoms with Gasteiger partial charge in [-0.15, -0.1) is 11.3 Å². The third-order valence-electron chi connectivity index (χ3n) is 7.52. The minimum atomic E-state index is -1.13. The van der Waals surface area contributed by atoms with Crippen LogP contribution < -0.4 is 0 Å². The van der Waals surface area contributed by atoms with Gasteiger partial charge in [-0.25, -0.2) is 9.59 Å². The van der Waals surface area contributed by atoms with Gasteiger partial charge in [-0.05, 0) is 43.1 Å². The number of fused-ring (bicyclic) bond motifs is 1. The topological polar surface area (TPSA) is 217 Å². The molecule has 0 unspecified atom stereocenters. The second kappa shape index (κ2) is 13.5. The SMILES string of the molecule is C[C@@H](OC(=O)OCc1ccccc1[N+](=O)[O-])[C@H]1C(=O)N2C(C(=O)OCc3ccccc3[N+](=O)[O-])=C(c3ccc(CN=[N+]=[N-])s3)C[C@H]12. The fourth-order valence-electron chi connectivity index (χ4n) is 5.42. The lowest BCUT2D eigenvalue weighted by molar-refractivity contribution is -0.386. The summed E-state index contributed by atoms with van der Waals surface area (Å²) in [5.41, 5.74) is 9.00. The van der Waals surface area contributed by atoms with Crippen LogP contribution in [-0.2, 0) is 43.6 Å². The van der Waals surface area contributed by atoms with Gasteiger partial charge in [0.15, 0.2) is 0 Å². The second-order valence-electron chi connectivity index (χ2n) is 10.2. The number of esters is 1. The summed E-state index contributed by atoms with van der Waals surface area (Å²) in [5, 5.41) is 26.2. The van der Waals surface area contributed by atoms with E-state index in [-0.39, 0.29) is 41.2 Å². The van der Waals surface area contributed by atoms with Crippen molar-refractivity contribution in [2.24, 2.45) is 11.0 Å². The van der Waals surface area contributed by atoms with Crippen LogP contribution in [0.1, 0.15) is 34.2 Å². The highest BCUT2D eigenvalue weighted by molar-refractivity contribution is 7.13. The van der Waals surface area contributed by atoms with Crippen LogP contribution in [0.3, 0.4) is 0 Å². The van der Waals surface area contributed by atoms with Crippen molar-refractivity contribution in [2.75, 3.05) is 0 Å². The van der Waals surface area contributed by atoms with Crippen molar-refractivity contribution >= 4 is 46.3 Å². The molecule has 1 fully saturated rings. The van der Waals surface area contributed by atoms with Crippen molar-refractivity contribution in [3.8, 4) is 0 Å². The third-order valence-corrected chi connectivity index (χ3v) is 8.65. The number of para-hydroxylation sites is 2. The van der Waals surface area contributed by atoms with Gasteiger partial charge in [0, 0.05) is 32.4 Å². The molecular weight excluding hydrogens is 624 g/mol. The Balaban J connectivity index is 1.32. The average molecular weight is 649 g/mol. The van der Waals surface area contributed by atoms with E-state index < -0.39 is 59.2 Å². The van der Waals surface area contributed by atoms with E-state index in [1.807, 2.05) is 0 Å². The van der Waals surface area contributed by atoms with Crippen LogP contribution in [0.15, 0.2) is 71.5 Å². The minimum Gasteiger partial charge on any atom is -0.456 e. The number of carbonyl (C=O) groups is 3. The van der Waals surface area contributed by atoms with Crippen LogP contribution in [-0.4, -0.2) is 44.9 Å². The van der Waals surface area contributed by atoms with Crippen LogP contribution in [0.4, 0.5) is 16.2 Å². The van der Waals surface area contributed by atoms with E-state index in [1.54, 1.807) is 24.3 Å². The first-order chi connectivity index (χ1) is 22.1. The third kappa shape index (κ3) is 6.36. The van der Waals surface area contributed by atoms with Crippen LogP contribution in [0, 0.1) is 26.1 Å². The number of azide groups is 1. The van der Waals surface area contributed by atoms with Gasteiger partial charge in [-0.3, -0.25) is 25.0 Å². The largest absolute Gasteiger partial charge is 0.508 e. The second-order valence-corrected chi connectivity index (χ2v) is 11.4. The lowest BCUT2D eigenvalue weighted by atomic mass is 9.83. The zero-order valence-electron chi connectivity index (χ0n) is 24.0. The Labute approximate surface area is 263 Å². The first-order valence-corrected chi connectivity index (χ1v) is 14.5. The molecule has 0 spiro atoms. The molecule has 1 saturated heterocycles. The van der Waals surface area contributed by atoms with Crippen molar-refractivity contribution in [3.63, 3.8) is 0 Å². The lowest BCUT2D eigenvalue weighted by Crippen LogP contribution is -2.62. The molecule has 3 heterocycles. The molecule has 1 amide bonds. The summed E-state index contributed by atoms with van der Waals surface area (Å²) in [4.78, 5) is 66.3. The number of hydrogen-bond donors (Lipinski definition) is 0. The van der Waals surface area contributed by atoms with Gasteiger partial charge in [-0.1, -0.05) is 29.4 Å². The Hall–Kier alpha value is -5.80. The van der Waals surface area contributed by atoms with Gasteiger partial charge >= 0.3 is 12.1 Å². The van der Waals surface area contributed by atoms with Gasteiger partial charge in [0.1, 0.15) is 25.0 Å². The van der Waals surface area contributed by atoms with Gasteiger partial charge < -0.3 is 19.1 Å². The van der Waals surface area contributed by atoms with E-state index >= 15 is 0 Å². The van der Waals surface area contributed by atoms with Crippen molar-refractivity contribution < 1.29 is 38.4 Å². The molecule has 0 bridgehead atoms. The van der Waals surface area contributed by atoms with Crippen molar-refractivity contribution in [1.82, 2.24) is 4.90 Å². The molecule has 5 rings (SSSR count). The zero-order chi connectivity index (χ0) is 33.0. The number of benzene rings is 2. The fourth-order valence-corrected chi connectivity index (χ4v) is 6.40. The number of amides is 1. The summed E-state index contributed by atoms with van der Waals surface area (Å²) < 4.78 is 15.9. The van der Waals surface area contributed by atoms with E-state index in [9.17, 15) is 34.6 Å². The highest BCUT2D eigenvalue weighted by Gasteiger charge is 2.58. The first-order valence-electron chi connectivity index (χ1n) is 13.7. The Morgan fingerprint density at radius 3 is 2.24 bits per heavy atom. The monoisotopic (exact) mass is 648 g/mol. The number of β-lactam (4-membered cyclic amide) rings is 1. The molecule has 3 aromatic rings. The summed E-state index contributed by atoms with van der Waals surface area (Å²) >= 11 is 1.26. The molecular formula is C29H24N6O10S. The Kier molecular flexibility index (Phi) is 9.25. The fraction of sp³-hybridized carbons (Fsp3) is 0.276. The number of nitro benzene ring substituents is 2. The van der Waals surface area contributed by atoms with E-state index in [0.717, 1.165) is 0 Å². The van der Waals surface area contributed by atoms with Crippen LogP contribution in [0.5, 0.6) is 0 Å². The molecule has 2 aromatic carbocycles. The van der Waals surface area contributed by atoms with Gasteiger partial charge in [0.25, 0.3) is 11.4 Å². The van der Waals surface area contributed by atoms with Crippen LogP contribution >= 0.6 is 11.3 Å². The molecule has 0 saturated carbocycles. The molecule has 16 nitrogen and oxygen atoms in total. The first kappa shape index (κ1) is 31.6. The number of nitrogens with zero attached hydrogens (tertiary/aromatic N) is 6. The molecule has 0 N–H and O–H groups in total. The lowest BCUT2D eigenvalue weighted by Gasteiger charge is -2.45. The van der Waals surface area contributed by atoms with Crippen molar-refractivity contribution in [2.45, 2.75) is 45.2 Å². The molecule has 46 heavy (non-hydrogen) atoms. The number of nitro groups is 2. The van der Waals surface area contributed by atoms with Crippen LogP contribution in [0.2, 0.25) is 0 Å². The van der Waals surface area contributed by atoms with E-state index in [1.165, 1.54) is 59.6 Å². The zero-order valence-corrected chi connectivity index (χ0v) is 24.8. The summed E-state index contributed by atoms with van der Waals surface area (Å²) in [6.45, 7) is 0.745. The molecule has 0 aliphatic carbocycles. The molecule has 0 radical (unpaired) electrons. The number of ether oxygens (including phenoxy) is 3. The van der Waals surface area contributed by atoms with E-state index in [4.69, 9.17) is 19.7 Å². The average Bonchev–Trinajstić information content (AvgIpc) is 3.64. The molecule has 1 aromatic heterocycles. The van der Waals surface area contributed by atoms with Crippen LogP contribution in [0.25, 0.3) is 16.0 Å². The standard InChI is InChI=1S/C29H24N6O10S/c1-16(45-29(38)44-15-18-7-3-5-9-22(18)35(41)42)25-23-12-20(24-11-10-19(46-24)13-31-32-30)26(33(23)27(25)36)28(37)43-14-17-6-2-4-8-21(17)34(39)40/h2-11,16,23,25H,12-15H2,1H3/t16-,23-,25-/m1/s1. The number of hydrogen-bond acceptors (Lipinski definition) is 12. The van der Waals surface area contributed by atoms with E-state index in [0.29, 0.717) is 15.3 Å². The predicted molar refractivity (Wildman–Crippen MR) is 160 cm³/mol. The number of thiophene rings is 1. The minimum absolute atomic E-state index is 0.0341. The van der Waals surface area contributed by atoms with Gasteiger partial charge in [-0.2, -0.15) is 0 Å². The molecule has 3 atom stereocenters. The highest BCUT2D eigenvalue weighted by Crippen LogP contribution is 2.49. The molecule has 2 aliphatic rings. The Bertz CT molecular complexity index is 1820. The van der Waals surface area contributed by atoms with Gasteiger partial charge in [0.2, 0.25) is 5.91 Å². The van der Waals surface area contributed by atoms with Gasteiger partial charge in [0.05, 0.1) is 39.5 Å². The maximum Gasteiger partial charge on any atom is 0.508 e. The van der Waals surface area contributed by atoms with Crippen molar-refractivity contribution in [3.05, 3.63) is 118 Å². The summed E-state index contributed by atoms with van der Waals surface area (Å²) in [7, 11) is 0. The Morgan fingerprint density at radius 1 is 1.02 bits per heavy atom. The number of rotatable bonds is 12. The highest BCUT2D eigenvalue weighted by atomic mass is 32.1. The summed E-state index contributed by atoms with van der Waals surface area (Å²) in [6, 6.07) is 14.4. The Morgan fingerprint density at radius 2 is 1.63 bits per heavy atom. The molecule has 2 aliphatic heterocycles. The quantitative estimate of drug-likeness (QED) is 0.0437. The molecule has 17 heteroatoms.